The first-order chi connectivity index (χ1) is 9.96. The normalized spacial score (nSPS) is 18.2. The van der Waals surface area contributed by atoms with Crippen molar-refractivity contribution in [2.24, 2.45) is 0 Å². The number of carbonyl (C=O) groups is 1. The zero-order chi connectivity index (χ0) is 15.3. The van der Waals surface area contributed by atoms with Gasteiger partial charge in [-0.3, -0.25) is 4.79 Å². The molecule has 0 bridgehead atoms. The van der Waals surface area contributed by atoms with Gasteiger partial charge in [0, 0.05) is 13.1 Å². The van der Waals surface area contributed by atoms with Crippen LogP contribution in [0.25, 0.3) is 0 Å². The van der Waals surface area contributed by atoms with Crippen LogP contribution in [0.2, 0.25) is 0 Å². The van der Waals surface area contributed by atoms with Gasteiger partial charge in [0.1, 0.15) is 11.9 Å². The van der Waals surface area contributed by atoms with Crippen LogP contribution in [-0.4, -0.2) is 44.5 Å². The highest BCUT2D eigenvalue weighted by Gasteiger charge is 2.29. The van der Waals surface area contributed by atoms with Gasteiger partial charge >= 0.3 is 6.18 Å². The van der Waals surface area contributed by atoms with Crippen molar-refractivity contribution in [1.82, 2.24) is 5.32 Å². The number of anilines is 1. The molecule has 0 radical (unpaired) electrons. The second kappa shape index (κ2) is 8.21. The lowest BCUT2D eigenvalue weighted by atomic mass is 10.2. The molecule has 1 unspecified atom stereocenters. The van der Waals surface area contributed by atoms with Gasteiger partial charge in [-0.15, -0.1) is 12.4 Å². The summed E-state index contributed by atoms with van der Waals surface area (Å²) in [5, 5.41) is 5.52. The van der Waals surface area contributed by atoms with Crippen molar-refractivity contribution in [3.63, 3.8) is 0 Å². The Balaban J connectivity index is 0.00000242. The first kappa shape index (κ1) is 18.5. The van der Waals surface area contributed by atoms with E-state index in [9.17, 15) is 18.0 Å². The largest absolute Gasteiger partial charge is 0.482 e. The quantitative estimate of drug-likeness (QED) is 0.880. The summed E-state index contributed by atoms with van der Waals surface area (Å²) in [5.74, 6) is -0.461. The zero-order valence-electron chi connectivity index (χ0n) is 11.5. The molecule has 0 aliphatic carbocycles. The van der Waals surface area contributed by atoms with Gasteiger partial charge in [0.25, 0.3) is 5.91 Å². The smallest absolute Gasteiger partial charge is 0.422 e. The first-order valence-corrected chi connectivity index (χ1v) is 6.37. The Morgan fingerprint density at radius 2 is 2.14 bits per heavy atom. The number of para-hydroxylation sites is 2. The van der Waals surface area contributed by atoms with E-state index >= 15 is 0 Å². The number of rotatable bonds is 4. The van der Waals surface area contributed by atoms with Gasteiger partial charge in [0.2, 0.25) is 0 Å². The number of amides is 1. The van der Waals surface area contributed by atoms with Crippen LogP contribution in [0.3, 0.4) is 0 Å². The number of carbonyl (C=O) groups excluding carboxylic acids is 1. The molecule has 22 heavy (non-hydrogen) atoms. The van der Waals surface area contributed by atoms with Crippen LogP contribution in [0.1, 0.15) is 0 Å². The fourth-order valence-electron chi connectivity index (χ4n) is 1.80. The molecule has 1 atom stereocenters. The van der Waals surface area contributed by atoms with Crippen molar-refractivity contribution in [3.8, 4) is 5.75 Å². The molecule has 2 N–H and O–H groups in total. The van der Waals surface area contributed by atoms with Crippen LogP contribution in [-0.2, 0) is 9.53 Å². The maximum Gasteiger partial charge on any atom is 0.422 e. The number of morpholine rings is 1. The van der Waals surface area contributed by atoms with Crippen molar-refractivity contribution >= 4 is 24.0 Å². The highest BCUT2D eigenvalue weighted by molar-refractivity contribution is 5.95. The molecule has 1 heterocycles. The van der Waals surface area contributed by atoms with Crippen LogP contribution >= 0.6 is 12.4 Å². The fraction of sp³-hybridized carbons (Fsp3) is 0.462. The van der Waals surface area contributed by atoms with E-state index in [1.165, 1.54) is 18.2 Å². The molecular weight excluding hydrogens is 325 g/mol. The highest BCUT2D eigenvalue weighted by atomic mass is 35.5. The van der Waals surface area contributed by atoms with Crippen LogP contribution in [0, 0.1) is 0 Å². The third-order valence-electron chi connectivity index (χ3n) is 2.76. The summed E-state index contributed by atoms with van der Waals surface area (Å²) in [5.41, 5.74) is 0.181. The van der Waals surface area contributed by atoms with E-state index in [2.05, 4.69) is 10.6 Å². The molecule has 1 aliphatic rings. The van der Waals surface area contributed by atoms with Gasteiger partial charge in [-0.2, -0.15) is 13.2 Å². The van der Waals surface area contributed by atoms with E-state index in [1.807, 2.05) is 0 Å². The number of alkyl halides is 3. The molecule has 1 aromatic rings. The Labute approximate surface area is 131 Å². The minimum absolute atomic E-state index is 0. The van der Waals surface area contributed by atoms with Crippen LogP contribution in [0.15, 0.2) is 24.3 Å². The average molecular weight is 341 g/mol. The number of benzene rings is 1. The summed E-state index contributed by atoms with van der Waals surface area (Å²) < 4.78 is 46.5. The van der Waals surface area contributed by atoms with Gasteiger partial charge in [-0.1, -0.05) is 12.1 Å². The molecule has 1 aromatic carbocycles. The van der Waals surface area contributed by atoms with Crippen molar-refractivity contribution in [2.75, 3.05) is 31.6 Å². The standard InChI is InChI=1S/C13H15F3N2O3.ClH/c14-13(15,16)8-21-10-4-2-1-3-9(10)18-12(19)11-7-17-5-6-20-11;/h1-4,11,17H,5-8H2,(H,18,19);1H. The zero-order valence-corrected chi connectivity index (χ0v) is 12.3. The van der Waals surface area contributed by atoms with E-state index < -0.39 is 24.8 Å². The average Bonchev–Trinajstić information content (AvgIpc) is 2.46. The van der Waals surface area contributed by atoms with Crippen LogP contribution in [0.5, 0.6) is 5.75 Å². The van der Waals surface area contributed by atoms with E-state index in [0.29, 0.717) is 19.7 Å². The summed E-state index contributed by atoms with van der Waals surface area (Å²) in [6.07, 6.45) is -5.11. The van der Waals surface area contributed by atoms with Gasteiger partial charge in [0.05, 0.1) is 12.3 Å². The first-order valence-electron chi connectivity index (χ1n) is 6.37. The fourth-order valence-corrected chi connectivity index (χ4v) is 1.80. The Hall–Kier alpha value is -1.51. The van der Waals surface area contributed by atoms with Crippen molar-refractivity contribution in [2.45, 2.75) is 12.3 Å². The molecule has 124 valence electrons. The molecule has 2 rings (SSSR count). The highest BCUT2D eigenvalue weighted by Crippen LogP contribution is 2.26. The molecule has 1 amide bonds. The van der Waals surface area contributed by atoms with Gasteiger partial charge in [-0.05, 0) is 12.1 Å². The third kappa shape index (κ3) is 5.70. The molecular formula is C13H16ClF3N2O3. The lowest BCUT2D eigenvalue weighted by molar-refractivity contribution is -0.153. The molecule has 1 aliphatic heterocycles. The van der Waals surface area contributed by atoms with Crippen molar-refractivity contribution < 1.29 is 27.4 Å². The molecule has 0 aromatic heterocycles. The second-order valence-electron chi connectivity index (χ2n) is 4.45. The van der Waals surface area contributed by atoms with Gasteiger partial charge in [-0.25, -0.2) is 0 Å². The molecule has 9 heteroatoms. The number of ether oxygens (including phenoxy) is 2. The summed E-state index contributed by atoms with van der Waals surface area (Å²) in [7, 11) is 0. The van der Waals surface area contributed by atoms with Gasteiger partial charge in [0.15, 0.2) is 6.61 Å². The summed E-state index contributed by atoms with van der Waals surface area (Å²) in [4.78, 5) is 12.0. The molecule has 0 spiro atoms. The number of hydrogen-bond acceptors (Lipinski definition) is 4. The lowest BCUT2D eigenvalue weighted by Crippen LogP contribution is -2.45. The Kier molecular flexibility index (Phi) is 6.92. The Morgan fingerprint density at radius 1 is 1.41 bits per heavy atom. The Morgan fingerprint density at radius 3 is 2.77 bits per heavy atom. The van der Waals surface area contributed by atoms with Crippen LogP contribution in [0.4, 0.5) is 18.9 Å². The second-order valence-corrected chi connectivity index (χ2v) is 4.45. The predicted molar refractivity (Wildman–Crippen MR) is 76.5 cm³/mol. The predicted octanol–water partition coefficient (Wildman–Crippen LogP) is 1.98. The third-order valence-corrected chi connectivity index (χ3v) is 2.76. The molecule has 1 fully saturated rings. The van der Waals surface area contributed by atoms with Crippen molar-refractivity contribution in [1.29, 1.82) is 0 Å². The minimum Gasteiger partial charge on any atom is -0.482 e. The van der Waals surface area contributed by atoms with E-state index in [0.717, 1.165) is 0 Å². The van der Waals surface area contributed by atoms with E-state index in [1.54, 1.807) is 6.07 Å². The SMILES string of the molecule is Cl.O=C(Nc1ccccc1OCC(F)(F)F)C1CNCCO1. The Bertz CT molecular complexity index is 494. The van der Waals surface area contributed by atoms with Crippen LogP contribution < -0.4 is 15.4 Å². The molecule has 5 nitrogen and oxygen atoms in total. The topological polar surface area (TPSA) is 59.6 Å². The summed E-state index contributed by atoms with van der Waals surface area (Å²) in [6, 6.07) is 5.96. The maximum atomic E-state index is 12.2. The van der Waals surface area contributed by atoms with Gasteiger partial charge < -0.3 is 20.1 Å². The lowest BCUT2D eigenvalue weighted by Gasteiger charge is -2.23. The maximum absolute atomic E-state index is 12.2. The number of halogens is 4. The minimum atomic E-state index is -4.44. The number of hydrogen-bond donors (Lipinski definition) is 2. The van der Waals surface area contributed by atoms with E-state index in [-0.39, 0.29) is 23.8 Å². The molecule has 0 saturated carbocycles. The van der Waals surface area contributed by atoms with Crippen molar-refractivity contribution in [3.05, 3.63) is 24.3 Å². The summed E-state index contributed by atoms with van der Waals surface area (Å²) >= 11 is 0. The van der Waals surface area contributed by atoms with E-state index in [4.69, 9.17) is 9.47 Å². The summed E-state index contributed by atoms with van der Waals surface area (Å²) in [6.45, 7) is 0.0120. The molecule has 1 saturated heterocycles. The number of nitrogens with one attached hydrogen (secondary N) is 2. The monoisotopic (exact) mass is 340 g/mol.